The molecule has 0 fully saturated rings. The van der Waals surface area contributed by atoms with E-state index in [-0.39, 0.29) is 0 Å². The minimum absolute atomic E-state index is 0.671. The highest BCUT2D eigenvalue weighted by Gasteiger charge is 2.46. The van der Waals surface area contributed by atoms with Crippen molar-refractivity contribution in [2.75, 3.05) is 0 Å². The predicted octanol–water partition coefficient (Wildman–Crippen LogP) is 15.9. The van der Waals surface area contributed by atoms with Gasteiger partial charge in [0.25, 0.3) is 0 Å². The fourth-order valence-electron chi connectivity index (χ4n) is 10.00. The lowest BCUT2D eigenvalue weighted by atomic mass is 9.67. The monoisotopic (exact) mass is 890 g/mol. The Hall–Kier alpha value is -7.90. The second-order valence-electron chi connectivity index (χ2n) is 17.0. The summed E-state index contributed by atoms with van der Waals surface area (Å²) in [6.07, 6.45) is 3.69. The number of hydrogen-bond acceptors (Lipinski definition) is 6. The van der Waals surface area contributed by atoms with Gasteiger partial charge in [-0.1, -0.05) is 169 Å². The number of fused-ring (bicyclic) bond motifs is 9. The third-order valence-corrected chi connectivity index (χ3v) is 15.1. The van der Waals surface area contributed by atoms with E-state index in [1.807, 2.05) is 24.5 Å². The van der Waals surface area contributed by atoms with E-state index in [1.54, 1.807) is 23.5 Å². The van der Waals surface area contributed by atoms with Crippen LogP contribution in [0, 0.1) is 0 Å². The van der Waals surface area contributed by atoms with Crippen LogP contribution in [0.5, 0.6) is 0 Å². The molecule has 0 radical (unpaired) electrons. The first-order chi connectivity index (χ1) is 33.2. The topological polar surface area (TPSA) is 51.6 Å². The Labute approximate surface area is 396 Å². The van der Waals surface area contributed by atoms with Gasteiger partial charge >= 0.3 is 0 Å². The lowest BCUT2D eigenvalue weighted by Crippen LogP contribution is -2.28. The number of pyridine rings is 4. The van der Waals surface area contributed by atoms with E-state index in [0.29, 0.717) is 0 Å². The van der Waals surface area contributed by atoms with Gasteiger partial charge in [-0.25, -0.2) is 9.97 Å². The van der Waals surface area contributed by atoms with Crippen LogP contribution in [-0.4, -0.2) is 19.9 Å². The van der Waals surface area contributed by atoms with Crippen molar-refractivity contribution in [3.63, 3.8) is 0 Å². The summed E-state index contributed by atoms with van der Waals surface area (Å²) in [4.78, 5) is 24.8. The molecule has 0 saturated heterocycles. The lowest BCUT2D eigenvalue weighted by molar-refractivity contribution is 0.763. The third-order valence-electron chi connectivity index (χ3n) is 13.1. The summed E-state index contributed by atoms with van der Waals surface area (Å²) >= 11 is 3.60. The first kappa shape index (κ1) is 39.5. The average Bonchev–Trinajstić information content (AvgIpc) is 3.68. The minimum atomic E-state index is -0.671. The van der Waals surface area contributed by atoms with Crippen LogP contribution in [0.15, 0.2) is 250 Å². The quantitative estimate of drug-likeness (QED) is 0.142. The van der Waals surface area contributed by atoms with E-state index in [9.17, 15) is 0 Å². The predicted molar refractivity (Wildman–Crippen MR) is 277 cm³/mol. The van der Waals surface area contributed by atoms with Crippen LogP contribution >= 0.6 is 23.5 Å². The molecule has 13 rings (SSSR count). The van der Waals surface area contributed by atoms with E-state index < -0.39 is 5.41 Å². The molecule has 0 amide bonds. The van der Waals surface area contributed by atoms with Gasteiger partial charge in [-0.05, 0) is 106 Å². The molecule has 1 aliphatic rings. The Balaban J connectivity index is 1.01. The highest BCUT2D eigenvalue weighted by atomic mass is 32.2. The number of rotatable bonds is 8. The van der Waals surface area contributed by atoms with E-state index in [4.69, 9.17) is 19.9 Å². The molecule has 67 heavy (non-hydrogen) atoms. The van der Waals surface area contributed by atoms with Gasteiger partial charge in [0.15, 0.2) is 0 Å². The minimum Gasteiger partial charge on any atom is -0.254 e. The Morgan fingerprint density at radius 2 is 0.716 bits per heavy atom. The molecule has 1 aliphatic carbocycles. The summed E-state index contributed by atoms with van der Waals surface area (Å²) in [7, 11) is 0. The van der Waals surface area contributed by atoms with Gasteiger partial charge in [-0.15, -0.1) is 0 Å². The van der Waals surface area contributed by atoms with E-state index >= 15 is 0 Å². The van der Waals surface area contributed by atoms with E-state index in [0.717, 1.165) is 66.1 Å². The van der Waals surface area contributed by atoms with Crippen LogP contribution in [0.4, 0.5) is 0 Å². The largest absolute Gasteiger partial charge is 0.254 e. The average molecular weight is 891 g/mol. The Morgan fingerprint density at radius 3 is 1.15 bits per heavy atom. The van der Waals surface area contributed by atoms with Crippen molar-refractivity contribution in [1.82, 2.24) is 19.9 Å². The van der Waals surface area contributed by atoms with Crippen LogP contribution < -0.4 is 0 Å². The molecule has 4 heterocycles. The van der Waals surface area contributed by atoms with Crippen molar-refractivity contribution in [3.8, 4) is 33.6 Å². The van der Waals surface area contributed by atoms with Crippen LogP contribution in [0.25, 0.3) is 77.3 Å². The smallest absolute Gasteiger partial charge is 0.0972 e. The Bertz CT molecular complexity index is 3600. The van der Waals surface area contributed by atoms with Crippen molar-refractivity contribution < 1.29 is 0 Å². The molecular formula is C61H38N4S2. The molecule has 314 valence electrons. The molecule has 6 heteroatoms. The summed E-state index contributed by atoms with van der Waals surface area (Å²) in [5.74, 6) is 0. The summed E-state index contributed by atoms with van der Waals surface area (Å²) in [5, 5.41) is 4.31. The molecule has 0 bridgehead atoms. The molecular weight excluding hydrogens is 853 g/mol. The van der Waals surface area contributed by atoms with Gasteiger partial charge in [-0.3, -0.25) is 9.97 Å². The van der Waals surface area contributed by atoms with Gasteiger partial charge < -0.3 is 0 Å². The van der Waals surface area contributed by atoms with Crippen molar-refractivity contribution in [2.24, 2.45) is 0 Å². The molecule has 0 unspecified atom stereocenters. The molecule has 0 saturated carbocycles. The van der Waals surface area contributed by atoms with E-state index in [1.165, 1.54) is 53.0 Å². The second-order valence-corrected chi connectivity index (χ2v) is 19.3. The summed E-state index contributed by atoms with van der Waals surface area (Å²) < 4.78 is 0. The highest BCUT2D eigenvalue weighted by Crippen LogP contribution is 2.58. The zero-order valence-electron chi connectivity index (χ0n) is 36.0. The van der Waals surface area contributed by atoms with Gasteiger partial charge in [0, 0.05) is 64.6 Å². The van der Waals surface area contributed by atoms with Crippen molar-refractivity contribution in [3.05, 3.63) is 253 Å². The van der Waals surface area contributed by atoms with Gasteiger partial charge in [0.05, 0.1) is 38.9 Å². The summed E-state index contributed by atoms with van der Waals surface area (Å²) in [5.41, 5.74) is 14.3. The maximum atomic E-state index is 5.25. The standard InChI is InChI=1S/C61H38N4S2/c1-3-11-47(12-4-1)66-49-29-31-51-52-32-30-50(67-48-13-5-2-6-14-48)38-54(52)61(53(51)37-49,45-25-19-39(20-26-45)55-33-23-43-17-15-41-9-7-35-62-57(41)59(43)64-55)46-27-21-40(22-28-46)56-34-24-44-18-16-42-10-8-36-63-58(42)60(44)65-56/h1-38H. The van der Waals surface area contributed by atoms with Crippen LogP contribution in [0.2, 0.25) is 0 Å². The lowest BCUT2D eigenvalue weighted by Gasteiger charge is -2.34. The third kappa shape index (κ3) is 6.79. The molecule has 8 aromatic carbocycles. The maximum absolute atomic E-state index is 5.25. The first-order valence-electron chi connectivity index (χ1n) is 22.4. The van der Waals surface area contributed by atoms with Gasteiger partial charge in [-0.2, -0.15) is 0 Å². The van der Waals surface area contributed by atoms with Crippen molar-refractivity contribution in [2.45, 2.75) is 25.0 Å². The maximum Gasteiger partial charge on any atom is 0.0972 e. The van der Waals surface area contributed by atoms with Crippen LogP contribution in [0.3, 0.4) is 0 Å². The summed E-state index contributed by atoms with van der Waals surface area (Å²) in [6, 6.07) is 78.9. The Kier molecular flexibility index (Phi) is 9.55. The second kappa shape index (κ2) is 16.2. The zero-order chi connectivity index (χ0) is 44.3. The van der Waals surface area contributed by atoms with Crippen molar-refractivity contribution in [1.29, 1.82) is 0 Å². The number of hydrogen-bond donors (Lipinski definition) is 0. The van der Waals surface area contributed by atoms with Crippen molar-refractivity contribution >= 4 is 67.1 Å². The first-order valence-corrected chi connectivity index (χ1v) is 24.1. The highest BCUT2D eigenvalue weighted by molar-refractivity contribution is 7.99. The molecule has 0 spiro atoms. The number of benzene rings is 8. The molecule has 4 aromatic heterocycles. The molecule has 0 aliphatic heterocycles. The molecule has 0 N–H and O–H groups in total. The van der Waals surface area contributed by atoms with Gasteiger partial charge in [0.1, 0.15) is 0 Å². The molecule has 4 nitrogen and oxygen atoms in total. The fourth-order valence-corrected chi connectivity index (χ4v) is 11.8. The van der Waals surface area contributed by atoms with Crippen LogP contribution in [-0.2, 0) is 5.41 Å². The van der Waals surface area contributed by atoms with Crippen LogP contribution in [0.1, 0.15) is 22.3 Å². The zero-order valence-corrected chi connectivity index (χ0v) is 37.7. The summed E-state index contributed by atoms with van der Waals surface area (Å²) in [6.45, 7) is 0. The molecule has 0 atom stereocenters. The SMILES string of the molecule is c1ccc(Sc2ccc3c(c2)C(c2ccc(-c4ccc5ccc6cccnc6c5n4)cc2)(c2ccc(-c4ccc5ccc6cccnc6c5n4)cc2)c2cc(Sc4ccccc4)ccc2-3)cc1. The van der Waals surface area contributed by atoms with E-state index in [2.05, 4.69) is 206 Å². The molecule has 12 aromatic rings. The Morgan fingerprint density at radius 1 is 0.313 bits per heavy atom. The normalized spacial score (nSPS) is 12.7. The fraction of sp³-hybridized carbons (Fsp3) is 0.0164. The number of aromatic nitrogens is 4. The number of nitrogens with zero attached hydrogens (tertiary/aromatic N) is 4. The van der Waals surface area contributed by atoms with Gasteiger partial charge in [0.2, 0.25) is 0 Å².